The molecule has 0 fully saturated rings. The van der Waals surface area contributed by atoms with Crippen LogP contribution in [0.4, 0.5) is 11.6 Å². The van der Waals surface area contributed by atoms with Crippen LogP contribution in [0.15, 0.2) is 6.07 Å². The second kappa shape index (κ2) is 7.22. The molecule has 5 N–H and O–H groups in total. The lowest BCUT2D eigenvalue weighted by Crippen LogP contribution is -2.25. The third-order valence-electron chi connectivity index (χ3n) is 2.73. The van der Waals surface area contributed by atoms with Crippen molar-refractivity contribution in [2.45, 2.75) is 26.9 Å². The summed E-state index contributed by atoms with van der Waals surface area (Å²) in [5, 5.41) is 12.2. The highest BCUT2D eigenvalue weighted by molar-refractivity contribution is 5.46. The van der Waals surface area contributed by atoms with Gasteiger partial charge in [-0.3, -0.25) is 0 Å². The Kier molecular flexibility index (Phi) is 5.94. The highest BCUT2D eigenvalue weighted by Gasteiger charge is 2.17. The average molecular weight is 269 g/mol. The van der Waals surface area contributed by atoms with Gasteiger partial charge in [0, 0.05) is 26.3 Å². The highest BCUT2D eigenvalue weighted by Crippen LogP contribution is 2.21. The monoisotopic (exact) mass is 269 g/mol. The van der Waals surface area contributed by atoms with Crippen molar-refractivity contribution in [2.75, 3.05) is 31.0 Å². The summed E-state index contributed by atoms with van der Waals surface area (Å²) in [5.41, 5.74) is 2.49. The normalized spacial score (nSPS) is 11.4. The number of aliphatic hydroxyl groups excluding tert-OH is 1. The van der Waals surface area contributed by atoms with Gasteiger partial charge in [0.25, 0.3) is 0 Å². The number of aromatic nitrogens is 2. The number of methoxy groups -OCH3 is 1. The van der Waals surface area contributed by atoms with Crippen molar-refractivity contribution in [2.24, 2.45) is 11.3 Å². The summed E-state index contributed by atoms with van der Waals surface area (Å²) in [5.74, 6) is 7.14. The van der Waals surface area contributed by atoms with Gasteiger partial charge in [-0.15, -0.1) is 0 Å². The first-order valence-corrected chi connectivity index (χ1v) is 6.19. The van der Waals surface area contributed by atoms with Crippen LogP contribution in [0.1, 0.15) is 26.1 Å². The molecule has 0 atom stereocenters. The van der Waals surface area contributed by atoms with Crippen molar-refractivity contribution >= 4 is 11.6 Å². The topological polar surface area (TPSA) is 105 Å². The Hall–Kier alpha value is -1.44. The molecule has 0 aliphatic carbocycles. The van der Waals surface area contributed by atoms with Gasteiger partial charge in [0.1, 0.15) is 18.2 Å². The van der Waals surface area contributed by atoms with Gasteiger partial charge in [0.05, 0.1) is 0 Å². The maximum atomic E-state index is 9.00. The highest BCUT2D eigenvalue weighted by atomic mass is 16.5. The minimum atomic E-state index is -0.0164. The summed E-state index contributed by atoms with van der Waals surface area (Å²) in [6.45, 7) is 5.35. The lowest BCUT2D eigenvalue weighted by atomic mass is 9.90. The Balaban J connectivity index is 2.74. The predicted molar refractivity (Wildman–Crippen MR) is 74.5 cm³/mol. The van der Waals surface area contributed by atoms with E-state index in [9.17, 15) is 0 Å². The van der Waals surface area contributed by atoms with Gasteiger partial charge < -0.3 is 20.6 Å². The van der Waals surface area contributed by atoms with Crippen LogP contribution >= 0.6 is 0 Å². The molecule has 0 saturated carbocycles. The maximum absolute atomic E-state index is 9.00. The zero-order valence-corrected chi connectivity index (χ0v) is 11.7. The molecule has 7 nitrogen and oxygen atoms in total. The number of hydrogen-bond donors (Lipinski definition) is 4. The summed E-state index contributed by atoms with van der Waals surface area (Å²) < 4.78 is 5.01. The predicted octanol–water partition coefficient (Wildman–Crippen LogP) is 0.729. The van der Waals surface area contributed by atoms with Gasteiger partial charge in [0.2, 0.25) is 0 Å². The molecular weight excluding hydrogens is 246 g/mol. The number of hydrazine groups is 1. The number of nitrogen functional groups attached to an aromatic ring is 1. The number of nitrogens with one attached hydrogen (secondary N) is 2. The van der Waals surface area contributed by atoms with Crippen molar-refractivity contribution in [1.82, 2.24) is 9.97 Å². The van der Waals surface area contributed by atoms with Crippen LogP contribution < -0.4 is 16.6 Å². The lowest BCUT2D eigenvalue weighted by molar-refractivity contribution is 0.178. The van der Waals surface area contributed by atoms with E-state index < -0.39 is 0 Å². The van der Waals surface area contributed by atoms with Gasteiger partial charge in [-0.25, -0.2) is 15.8 Å². The molecule has 0 spiro atoms. The van der Waals surface area contributed by atoms with Crippen molar-refractivity contribution < 1.29 is 9.84 Å². The molecule has 0 amide bonds. The number of hydrogen-bond acceptors (Lipinski definition) is 7. The quantitative estimate of drug-likeness (QED) is 0.407. The molecule has 7 heteroatoms. The fourth-order valence-electron chi connectivity index (χ4n) is 1.58. The summed E-state index contributed by atoms with van der Waals surface area (Å²) in [7, 11) is 1.59. The fraction of sp³-hybridized carbons (Fsp3) is 0.667. The standard InChI is InChI=1S/C12H23N5O2/c1-12(2,4-5-18)8-14-9-6-10(17-13)16-11(15-9)7-19-3/h6,18H,4-5,7-8,13H2,1-3H3,(H2,14,15,16,17). The van der Waals surface area contributed by atoms with E-state index in [1.807, 2.05) is 0 Å². The summed E-state index contributed by atoms with van der Waals surface area (Å²) >= 11 is 0. The smallest absolute Gasteiger partial charge is 0.158 e. The molecule has 0 saturated heterocycles. The maximum Gasteiger partial charge on any atom is 0.158 e. The minimum absolute atomic E-state index is 0.0164. The van der Waals surface area contributed by atoms with Gasteiger partial charge in [-0.05, 0) is 11.8 Å². The van der Waals surface area contributed by atoms with Gasteiger partial charge in [-0.2, -0.15) is 0 Å². The van der Waals surface area contributed by atoms with E-state index in [-0.39, 0.29) is 12.0 Å². The fourth-order valence-corrected chi connectivity index (χ4v) is 1.58. The molecule has 1 aromatic rings. The number of aliphatic hydroxyl groups is 1. The number of nitrogens with zero attached hydrogens (tertiary/aromatic N) is 2. The summed E-state index contributed by atoms with van der Waals surface area (Å²) in [4.78, 5) is 8.50. The second-order valence-electron chi connectivity index (χ2n) is 5.12. The van der Waals surface area contributed by atoms with Crippen molar-refractivity contribution in [3.8, 4) is 0 Å². The van der Waals surface area contributed by atoms with E-state index in [1.54, 1.807) is 13.2 Å². The molecule has 19 heavy (non-hydrogen) atoms. The largest absolute Gasteiger partial charge is 0.396 e. The molecule has 0 aromatic carbocycles. The zero-order chi connectivity index (χ0) is 14.3. The third-order valence-corrected chi connectivity index (χ3v) is 2.73. The number of rotatable bonds is 8. The molecule has 0 radical (unpaired) electrons. The lowest BCUT2D eigenvalue weighted by Gasteiger charge is -2.24. The first-order chi connectivity index (χ1) is 9.00. The molecule has 0 bridgehead atoms. The molecule has 1 aromatic heterocycles. The average Bonchev–Trinajstić information content (AvgIpc) is 2.36. The van der Waals surface area contributed by atoms with E-state index in [1.165, 1.54) is 0 Å². The second-order valence-corrected chi connectivity index (χ2v) is 5.12. The minimum Gasteiger partial charge on any atom is -0.396 e. The molecule has 108 valence electrons. The molecule has 0 aliphatic heterocycles. The summed E-state index contributed by atoms with van der Waals surface area (Å²) in [6, 6.07) is 1.73. The Morgan fingerprint density at radius 3 is 2.63 bits per heavy atom. The van der Waals surface area contributed by atoms with Gasteiger partial charge in [-0.1, -0.05) is 13.8 Å². The van der Waals surface area contributed by atoms with Crippen molar-refractivity contribution in [3.63, 3.8) is 0 Å². The van der Waals surface area contributed by atoms with E-state index in [4.69, 9.17) is 15.7 Å². The molecular formula is C12H23N5O2. The molecule has 1 heterocycles. The molecule has 0 unspecified atom stereocenters. The van der Waals surface area contributed by atoms with E-state index in [0.717, 1.165) is 6.42 Å². The molecule has 0 aliphatic rings. The van der Waals surface area contributed by atoms with Crippen LogP contribution in [-0.2, 0) is 11.3 Å². The molecule has 1 rings (SSSR count). The van der Waals surface area contributed by atoms with Crippen LogP contribution in [0.5, 0.6) is 0 Å². The van der Waals surface area contributed by atoms with E-state index in [0.29, 0.717) is 30.6 Å². The van der Waals surface area contributed by atoms with Crippen molar-refractivity contribution in [1.29, 1.82) is 0 Å². The van der Waals surface area contributed by atoms with Crippen LogP contribution in [-0.4, -0.2) is 35.3 Å². The number of ether oxygens (including phenoxy) is 1. The Labute approximate surface area is 113 Å². The van der Waals surface area contributed by atoms with Crippen molar-refractivity contribution in [3.05, 3.63) is 11.9 Å². The summed E-state index contributed by atoms with van der Waals surface area (Å²) in [6.07, 6.45) is 0.720. The van der Waals surface area contributed by atoms with Crippen LogP contribution in [0.25, 0.3) is 0 Å². The zero-order valence-electron chi connectivity index (χ0n) is 11.7. The van der Waals surface area contributed by atoms with Gasteiger partial charge >= 0.3 is 0 Å². The Morgan fingerprint density at radius 1 is 1.37 bits per heavy atom. The van der Waals surface area contributed by atoms with Crippen LogP contribution in [0.2, 0.25) is 0 Å². The Morgan fingerprint density at radius 2 is 2.05 bits per heavy atom. The first-order valence-electron chi connectivity index (χ1n) is 6.19. The third kappa shape index (κ3) is 5.37. The van der Waals surface area contributed by atoms with Gasteiger partial charge in [0.15, 0.2) is 5.82 Å². The Bertz CT molecular complexity index is 398. The SMILES string of the molecule is COCc1nc(NN)cc(NCC(C)(C)CCO)n1. The first kappa shape index (κ1) is 15.6. The van der Waals surface area contributed by atoms with E-state index >= 15 is 0 Å². The number of anilines is 2. The van der Waals surface area contributed by atoms with Crippen LogP contribution in [0, 0.1) is 5.41 Å². The number of nitrogens with two attached hydrogens (primary N) is 1. The van der Waals surface area contributed by atoms with Crippen LogP contribution in [0.3, 0.4) is 0 Å². The van der Waals surface area contributed by atoms with E-state index in [2.05, 4.69) is 34.6 Å².